The van der Waals surface area contributed by atoms with Crippen LogP contribution in [0, 0.1) is 11.8 Å². The lowest BCUT2D eigenvalue weighted by molar-refractivity contribution is -0.0157. The second-order valence-electron chi connectivity index (χ2n) is 6.92. The summed E-state index contributed by atoms with van der Waals surface area (Å²) in [5.74, 6) is 1.62. The third-order valence-electron chi connectivity index (χ3n) is 5.53. The molecule has 1 heterocycles. The lowest BCUT2D eigenvalue weighted by Gasteiger charge is -2.53. The van der Waals surface area contributed by atoms with E-state index < -0.39 is 0 Å². The maximum Gasteiger partial charge on any atom is 0.0469 e. The molecule has 2 rings (SSSR count). The highest BCUT2D eigenvalue weighted by molar-refractivity contribution is 5.04. The Balaban J connectivity index is 2.19. The van der Waals surface area contributed by atoms with Crippen molar-refractivity contribution < 1.29 is 4.74 Å². The topological polar surface area (TPSA) is 24.5 Å². The molecular weight excluding hydrogens is 236 g/mol. The summed E-state index contributed by atoms with van der Waals surface area (Å²) >= 11 is 0. The summed E-state index contributed by atoms with van der Waals surface area (Å²) in [6.07, 6.45) is 7.89. The average Bonchev–Trinajstić information content (AvgIpc) is 2.40. The fraction of sp³-hybridized carbons (Fsp3) is 1.00. The van der Waals surface area contributed by atoms with E-state index >= 15 is 0 Å². The molecule has 1 aliphatic heterocycles. The third-order valence-corrected chi connectivity index (χ3v) is 5.53. The van der Waals surface area contributed by atoms with Gasteiger partial charge in [0, 0.05) is 24.8 Å². The number of nitrogens with zero attached hydrogens (tertiary/aromatic N) is 1. The van der Waals surface area contributed by atoms with Gasteiger partial charge in [0.2, 0.25) is 0 Å². The first-order valence-corrected chi connectivity index (χ1v) is 8.02. The zero-order valence-electron chi connectivity index (χ0n) is 13.2. The quantitative estimate of drug-likeness (QED) is 0.848. The van der Waals surface area contributed by atoms with Gasteiger partial charge in [-0.2, -0.15) is 0 Å². The van der Waals surface area contributed by atoms with Gasteiger partial charge < -0.3 is 15.0 Å². The van der Waals surface area contributed by atoms with E-state index in [4.69, 9.17) is 4.74 Å². The van der Waals surface area contributed by atoms with E-state index in [1.54, 1.807) is 0 Å². The van der Waals surface area contributed by atoms with Crippen LogP contribution < -0.4 is 5.32 Å². The van der Waals surface area contributed by atoms with Crippen LogP contribution in [0.1, 0.15) is 45.4 Å². The van der Waals surface area contributed by atoms with E-state index in [0.29, 0.717) is 11.6 Å². The van der Waals surface area contributed by atoms with E-state index in [1.165, 1.54) is 38.5 Å². The molecule has 0 aromatic carbocycles. The first-order valence-electron chi connectivity index (χ1n) is 8.02. The van der Waals surface area contributed by atoms with Crippen molar-refractivity contribution in [1.29, 1.82) is 0 Å². The molecule has 19 heavy (non-hydrogen) atoms. The molecule has 1 saturated carbocycles. The van der Waals surface area contributed by atoms with Crippen LogP contribution in [0.3, 0.4) is 0 Å². The van der Waals surface area contributed by atoms with Crippen molar-refractivity contribution in [3.05, 3.63) is 0 Å². The Hall–Kier alpha value is -0.120. The molecule has 1 N–H and O–H groups in total. The van der Waals surface area contributed by atoms with Gasteiger partial charge in [-0.15, -0.1) is 0 Å². The van der Waals surface area contributed by atoms with Crippen LogP contribution in [0.4, 0.5) is 0 Å². The van der Waals surface area contributed by atoms with Crippen LogP contribution in [-0.4, -0.2) is 50.8 Å². The Kier molecular flexibility index (Phi) is 5.27. The van der Waals surface area contributed by atoms with Crippen molar-refractivity contribution in [3.63, 3.8) is 0 Å². The van der Waals surface area contributed by atoms with Gasteiger partial charge in [-0.3, -0.25) is 0 Å². The molecule has 112 valence electrons. The standard InChI is InChI=1S/C16H32N2O/c1-13-6-5-9-16(12-13,18(3)4)15(17-2)14-7-10-19-11-8-14/h13-15,17H,5-12H2,1-4H3. The van der Waals surface area contributed by atoms with Crippen LogP contribution in [0.15, 0.2) is 0 Å². The van der Waals surface area contributed by atoms with E-state index in [0.717, 1.165) is 25.0 Å². The summed E-state index contributed by atoms with van der Waals surface area (Å²) in [7, 11) is 6.72. The molecule has 2 aliphatic rings. The van der Waals surface area contributed by atoms with Crippen molar-refractivity contribution in [3.8, 4) is 0 Å². The Morgan fingerprint density at radius 3 is 2.42 bits per heavy atom. The Labute approximate surface area is 119 Å². The van der Waals surface area contributed by atoms with Crippen molar-refractivity contribution in [2.24, 2.45) is 11.8 Å². The molecule has 0 bridgehead atoms. The molecule has 0 amide bonds. The first kappa shape index (κ1) is 15.3. The predicted octanol–water partition coefficient (Wildman–Crippen LogP) is 2.51. The molecule has 0 radical (unpaired) electrons. The van der Waals surface area contributed by atoms with Crippen molar-refractivity contribution in [1.82, 2.24) is 10.2 Å². The fourth-order valence-electron chi connectivity index (χ4n) is 4.52. The Bertz CT molecular complexity index is 276. The molecule has 0 spiro atoms. The van der Waals surface area contributed by atoms with Crippen molar-refractivity contribution in [2.75, 3.05) is 34.4 Å². The van der Waals surface area contributed by atoms with Gasteiger partial charge >= 0.3 is 0 Å². The average molecular weight is 268 g/mol. The maximum absolute atomic E-state index is 5.55. The normalized spacial score (nSPS) is 35.5. The molecular formula is C16H32N2O. The predicted molar refractivity (Wildman–Crippen MR) is 80.4 cm³/mol. The van der Waals surface area contributed by atoms with Crippen molar-refractivity contribution >= 4 is 0 Å². The molecule has 1 aliphatic carbocycles. The van der Waals surface area contributed by atoms with E-state index in [2.05, 4.69) is 38.3 Å². The minimum Gasteiger partial charge on any atom is -0.381 e. The number of hydrogen-bond donors (Lipinski definition) is 1. The molecule has 3 atom stereocenters. The molecule has 0 aromatic rings. The van der Waals surface area contributed by atoms with Crippen LogP contribution in [0.25, 0.3) is 0 Å². The van der Waals surface area contributed by atoms with Gasteiger partial charge in [-0.05, 0) is 58.7 Å². The lowest BCUT2D eigenvalue weighted by atomic mass is 9.67. The van der Waals surface area contributed by atoms with Gasteiger partial charge in [0.25, 0.3) is 0 Å². The third kappa shape index (κ3) is 3.14. The Morgan fingerprint density at radius 1 is 1.21 bits per heavy atom. The number of hydrogen-bond acceptors (Lipinski definition) is 3. The van der Waals surface area contributed by atoms with Crippen LogP contribution >= 0.6 is 0 Å². The van der Waals surface area contributed by atoms with Gasteiger partial charge in [0.1, 0.15) is 0 Å². The highest BCUT2D eigenvalue weighted by Crippen LogP contribution is 2.41. The lowest BCUT2D eigenvalue weighted by Crippen LogP contribution is -2.63. The molecule has 0 aromatic heterocycles. The molecule has 1 saturated heterocycles. The fourth-order valence-corrected chi connectivity index (χ4v) is 4.52. The molecule has 3 heteroatoms. The summed E-state index contributed by atoms with van der Waals surface area (Å²) in [5, 5.41) is 3.69. The van der Waals surface area contributed by atoms with E-state index in [-0.39, 0.29) is 0 Å². The van der Waals surface area contributed by atoms with Crippen molar-refractivity contribution in [2.45, 2.75) is 57.0 Å². The van der Waals surface area contributed by atoms with E-state index in [9.17, 15) is 0 Å². The summed E-state index contributed by atoms with van der Waals surface area (Å²) < 4.78 is 5.55. The second-order valence-corrected chi connectivity index (χ2v) is 6.92. The zero-order chi connectivity index (χ0) is 13.9. The number of likely N-dealkylation sites (N-methyl/N-ethyl adjacent to an activating group) is 2. The Morgan fingerprint density at radius 2 is 1.89 bits per heavy atom. The van der Waals surface area contributed by atoms with Crippen LogP contribution in [0.5, 0.6) is 0 Å². The minimum atomic E-state index is 0.342. The van der Waals surface area contributed by atoms with Gasteiger partial charge in [0.15, 0.2) is 0 Å². The van der Waals surface area contributed by atoms with Crippen LogP contribution in [0.2, 0.25) is 0 Å². The summed E-state index contributed by atoms with van der Waals surface area (Å²) in [6, 6.07) is 0.606. The number of nitrogens with one attached hydrogen (secondary N) is 1. The highest BCUT2D eigenvalue weighted by Gasteiger charge is 2.46. The molecule has 3 unspecified atom stereocenters. The van der Waals surface area contributed by atoms with E-state index in [1.807, 2.05) is 0 Å². The number of rotatable bonds is 4. The summed E-state index contributed by atoms with van der Waals surface area (Å²) in [6.45, 7) is 4.32. The smallest absolute Gasteiger partial charge is 0.0469 e. The number of ether oxygens (including phenoxy) is 1. The molecule has 3 nitrogen and oxygen atoms in total. The summed E-state index contributed by atoms with van der Waals surface area (Å²) in [4.78, 5) is 2.51. The van der Waals surface area contributed by atoms with Gasteiger partial charge in [-0.25, -0.2) is 0 Å². The minimum absolute atomic E-state index is 0.342. The molecule has 2 fully saturated rings. The first-order chi connectivity index (χ1) is 9.10. The maximum atomic E-state index is 5.55. The van der Waals surface area contributed by atoms with Gasteiger partial charge in [0.05, 0.1) is 0 Å². The zero-order valence-corrected chi connectivity index (χ0v) is 13.2. The second kappa shape index (κ2) is 6.55. The largest absolute Gasteiger partial charge is 0.381 e. The SMILES string of the molecule is CNC(C1CCOCC1)C1(N(C)C)CCCC(C)C1. The van der Waals surface area contributed by atoms with Gasteiger partial charge in [-0.1, -0.05) is 19.8 Å². The summed E-state index contributed by atoms with van der Waals surface area (Å²) in [5.41, 5.74) is 0.342. The monoisotopic (exact) mass is 268 g/mol. The highest BCUT2D eigenvalue weighted by atomic mass is 16.5. The van der Waals surface area contributed by atoms with Crippen LogP contribution in [-0.2, 0) is 4.74 Å².